The van der Waals surface area contributed by atoms with E-state index in [1.54, 1.807) is 0 Å². The van der Waals surface area contributed by atoms with Crippen LogP contribution in [0.5, 0.6) is 0 Å². The summed E-state index contributed by atoms with van der Waals surface area (Å²) in [5.74, 6) is 1.02. The number of aromatic nitrogens is 2. The standard InChI is InChI=1S/C21H26ClN3/c1-4-24(5-2)13-6-14-25-20-12-11-18(22)15-19(20)23-21(25)17-9-7-16(3)8-10-17/h7-12,15H,4-6,13-14H2,1-3H3. The number of rotatable bonds is 7. The molecule has 3 rings (SSSR count). The number of hydrogen-bond acceptors (Lipinski definition) is 2. The predicted octanol–water partition coefficient (Wildman–Crippen LogP) is 5.40. The maximum atomic E-state index is 6.17. The zero-order valence-corrected chi connectivity index (χ0v) is 16.1. The summed E-state index contributed by atoms with van der Waals surface area (Å²) in [5.41, 5.74) is 4.53. The van der Waals surface area contributed by atoms with Crippen LogP contribution in [-0.2, 0) is 6.54 Å². The quantitative estimate of drug-likeness (QED) is 0.566. The predicted molar refractivity (Wildman–Crippen MR) is 107 cm³/mol. The molecule has 25 heavy (non-hydrogen) atoms. The molecule has 0 saturated heterocycles. The van der Waals surface area contributed by atoms with Crippen molar-refractivity contribution in [1.82, 2.24) is 14.5 Å². The van der Waals surface area contributed by atoms with Gasteiger partial charge in [-0.1, -0.05) is 55.3 Å². The van der Waals surface area contributed by atoms with Crippen LogP contribution in [0.3, 0.4) is 0 Å². The van der Waals surface area contributed by atoms with Crippen molar-refractivity contribution >= 4 is 22.6 Å². The lowest BCUT2D eigenvalue weighted by Crippen LogP contribution is -2.24. The molecule has 0 fully saturated rings. The van der Waals surface area contributed by atoms with Crippen molar-refractivity contribution in [1.29, 1.82) is 0 Å². The van der Waals surface area contributed by atoms with E-state index < -0.39 is 0 Å². The Morgan fingerprint density at radius 3 is 2.44 bits per heavy atom. The molecule has 0 unspecified atom stereocenters. The Morgan fingerprint density at radius 1 is 1.04 bits per heavy atom. The lowest BCUT2D eigenvalue weighted by Gasteiger charge is -2.18. The van der Waals surface area contributed by atoms with Crippen molar-refractivity contribution < 1.29 is 0 Å². The van der Waals surface area contributed by atoms with E-state index in [9.17, 15) is 0 Å². The monoisotopic (exact) mass is 355 g/mol. The van der Waals surface area contributed by atoms with E-state index in [0.29, 0.717) is 0 Å². The number of hydrogen-bond donors (Lipinski definition) is 0. The highest BCUT2D eigenvalue weighted by Gasteiger charge is 2.13. The summed E-state index contributed by atoms with van der Waals surface area (Å²) >= 11 is 6.17. The van der Waals surface area contributed by atoms with Gasteiger partial charge in [0.15, 0.2) is 0 Å². The molecule has 1 aromatic heterocycles. The highest BCUT2D eigenvalue weighted by Crippen LogP contribution is 2.27. The Hall–Kier alpha value is -1.84. The van der Waals surface area contributed by atoms with E-state index in [1.807, 2.05) is 12.1 Å². The summed E-state index contributed by atoms with van der Waals surface area (Å²) < 4.78 is 2.33. The van der Waals surface area contributed by atoms with Crippen molar-refractivity contribution in [2.45, 2.75) is 33.7 Å². The minimum atomic E-state index is 0.732. The Labute approximate surface area is 155 Å². The van der Waals surface area contributed by atoms with Crippen LogP contribution in [-0.4, -0.2) is 34.1 Å². The summed E-state index contributed by atoms with van der Waals surface area (Å²) in [6.45, 7) is 10.8. The first-order valence-corrected chi connectivity index (χ1v) is 9.45. The first kappa shape index (κ1) is 18.0. The second-order valence-electron chi connectivity index (χ2n) is 6.47. The Morgan fingerprint density at radius 2 is 1.76 bits per heavy atom. The molecule has 0 aliphatic carbocycles. The van der Waals surface area contributed by atoms with E-state index in [1.165, 1.54) is 5.56 Å². The SMILES string of the molecule is CCN(CC)CCCn1c(-c2ccc(C)cc2)nc2cc(Cl)ccc21. The van der Waals surface area contributed by atoms with Gasteiger partial charge in [-0.05, 0) is 51.2 Å². The van der Waals surface area contributed by atoms with E-state index in [-0.39, 0.29) is 0 Å². The van der Waals surface area contributed by atoms with Gasteiger partial charge < -0.3 is 9.47 Å². The largest absolute Gasteiger partial charge is 0.324 e. The van der Waals surface area contributed by atoms with Crippen molar-refractivity contribution in [3.63, 3.8) is 0 Å². The Balaban J connectivity index is 1.95. The average molecular weight is 356 g/mol. The van der Waals surface area contributed by atoms with Crippen LogP contribution in [0.1, 0.15) is 25.8 Å². The van der Waals surface area contributed by atoms with E-state index >= 15 is 0 Å². The van der Waals surface area contributed by atoms with Crippen molar-refractivity contribution in [3.8, 4) is 11.4 Å². The van der Waals surface area contributed by atoms with Crippen LogP contribution in [0.15, 0.2) is 42.5 Å². The third-order valence-corrected chi connectivity index (χ3v) is 5.01. The molecule has 0 N–H and O–H groups in total. The van der Waals surface area contributed by atoms with Crippen molar-refractivity contribution in [2.75, 3.05) is 19.6 Å². The number of halogens is 1. The summed E-state index contributed by atoms with van der Waals surface area (Å²) in [5, 5.41) is 0.732. The fourth-order valence-corrected chi connectivity index (χ4v) is 3.41. The molecule has 0 saturated carbocycles. The lowest BCUT2D eigenvalue weighted by molar-refractivity contribution is 0.294. The summed E-state index contributed by atoms with van der Waals surface area (Å²) in [6.07, 6.45) is 1.11. The second kappa shape index (κ2) is 8.03. The lowest BCUT2D eigenvalue weighted by atomic mass is 10.1. The molecular formula is C21H26ClN3. The van der Waals surface area contributed by atoms with Gasteiger partial charge in [0.05, 0.1) is 11.0 Å². The second-order valence-corrected chi connectivity index (χ2v) is 6.90. The molecule has 1 heterocycles. The fourth-order valence-electron chi connectivity index (χ4n) is 3.24. The van der Waals surface area contributed by atoms with Crippen LogP contribution in [0.2, 0.25) is 5.02 Å². The van der Waals surface area contributed by atoms with Crippen LogP contribution < -0.4 is 0 Å². The molecule has 0 bridgehead atoms. The highest BCUT2D eigenvalue weighted by atomic mass is 35.5. The smallest absolute Gasteiger partial charge is 0.141 e. The highest BCUT2D eigenvalue weighted by molar-refractivity contribution is 6.31. The maximum Gasteiger partial charge on any atom is 0.141 e. The third kappa shape index (κ3) is 4.05. The van der Waals surface area contributed by atoms with Crippen LogP contribution in [0.25, 0.3) is 22.4 Å². The van der Waals surface area contributed by atoms with Gasteiger partial charge in [-0.15, -0.1) is 0 Å². The van der Waals surface area contributed by atoms with Gasteiger partial charge in [-0.25, -0.2) is 4.98 Å². The van der Waals surface area contributed by atoms with Crippen LogP contribution in [0.4, 0.5) is 0 Å². The molecule has 0 aliphatic rings. The molecule has 0 spiro atoms. The van der Waals surface area contributed by atoms with Gasteiger partial charge in [0.2, 0.25) is 0 Å². The minimum absolute atomic E-state index is 0.732. The molecule has 0 aliphatic heterocycles. The molecular weight excluding hydrogens is 330 g/mol. The molecule has 132 valence electrons. The zero-order valence-electron chi connectivity index (χ0n) is 15.3. The van der Waals surface area contributed by atoms with E-state index in [0.717, 1.165) is 60.0 Å². The van der Waals surface area contributed by atoms with E-state index in [4.69, 9.17) is 16.6 Å². The number of benzene rings is 2. The molecule has 2 aromatic carbocycles. The summed E-state index contributed by atoms with van der Waals surface area (Å²) in [7, 11) is 0. The fraction of sp³-hybridized carbons (Fsp3) is 0.381. The third-order valence-electron chi connectivity index (χ3n) is 4.77. The molecule has 0 amide bonds. The molecule has 3 nitrogen and oxygen atoms in total. The van der Waals surface area contributed by atoms with Crippen molar-refractivity contribution in [2.24, 2.45) is 0 Å². The first-order valence-electron chi connectivity index (χ1n) is 9.07. The van der Waals surface area contributed by atoms with Crippen LogP contribution in [0, 0.1) is 6.92 Å². The molecule has 0 atom stereocenters. The number of aryl methyl sites for hydroxylation is 2. The number of fused-ring (bicyclic) bond motifs is 1. The molecule has 4 heteroatoms. The van der Waals surface area contributed by atoms with Gasteiger partial charge in [-0.3, -0.25) is 0 Å². The van der Waals surface area contributed by atoms with Gasteiger partial charge >= 0.3 is 0 Å². The van der Waals surface area contributed by atoms with Gasteiger partial charge in [-0.2, -0.15) is 0 Å². The number of nitrogens with zero attached hydrogens (tertiary/aromatic N) is 3. The Bertz CT molecular complexity index is 832. The average Bonchev–Trinajstić information content (AvgIpc) is 2.97. The van der Waals surface area contributed by atoms with E-state index in [2.05, 4.69) is 60.6 Å². The Kier molecular flexibility index (Phi) is 5.77. The van der Waals surface area contributed by atoms with Crippen molar-refractivity contribution in [3.05, 3.63) is 53.1 Å². The normalized spacial score (nSPS) is 11.6. The molecule has 3 aromatic rings. The zero-order chi connectivity index (χ0) is 17.8. The van der Waals surface area contributed by atoms with Gasteiger partial charge in [0.25, 0.3) is 0 Å². The maximum absolute atomic E-state index is 6.17. The summed E-state index contributed by atoms with van der Waals surface area (Å²) in [4.78, 5) is 7.34. The van der Waals surface area contributed by atoms with Crippen LogP contribution >= 0.6 is 11.6 Å². The number of imidazole rings is 1. The minimum Gasteiger partial charge on any atom is -0.324 e. The summed E-state index contributed by atoms with van der Waals surface area (Å²) in [6, 6.07) is 14.6. The molecule has 0 radical (unpaired) electrons. The first-order chi connectivity index (χ1) is 12.1. The topological polar surface area (TPSA) is 21.1 Å². The van der Waals surface area contributed by atoms with Gasteiger partial charge in [0.1, 0.15) is 5.82 Å². The van der Waals surface area contributed by atoms with Gasteiger partial charge in [0, 0.05) is 17.1 Å².